The number of allylic oxidation sites excluding steroid dienone is 4. The Morgan fingerprint density at radius 1 is 1.21 bits per heavy atom. The Morgan fingerprint density at radius 2 is 2.03 bits per heavy atom. The molecule has 176 valence electrons. The minimum Gasteiger partial charge on any atom is -0.490 e. The molecule has 0 saturated heterocycles. The van der Waals surface area contributed by atoms with Crippen LogP contribution in [0, 0.1) is 11.3 Å². The largest absolute Gasteiger partial charge is 0.490 e. The van der Waals surface area contributed by atoms with E-state index < -0.39 is 0 Å². The summed E-state index contributed by atoms with van der Waals surface area (Å²) >= 11 is 0. The van der Waals surface area contributed by atoms with E-state index in [1.165, 1.54) is 6.42 Å². The zero-order valence-corrected chi connectivity index (χ0v) is 19.2. The van der Waals surface area contributed by atoms with Crippen molar-refractivity contribution in [1.29, 1.82) is 5.26 Å². The van der Waals surface area contributed by atoms with Crippen LogP contribution in [0.15, 0.2) is 42.2 Å². The van der Waals surface area contributed by atoms with E-state index >= 15 is 0 Å². The molecule has 1 aromatic carbocycles. The Labute approximate surface area is 198 Å². The molecule has 2 aliphatic rings. The lowest BCUT2D eigenvalue weighted by Gasteiger charge is -2.23. The number of rotatable bonds is 7. The maximum atomic E-state index is 12.8. The molecule has 1 aromatic heterocycles. The van der Waals surface area contributed by atoms with Crippen LogP contribution in [-0.4, -0.2) is 43.2 Å². The summed E-state index contributed by atoms with van der Waals surface area (Å²) < 4.78 is 10.7. The van der Waals surface area contributed by atoms with Gasteiger partial charge in [-0.25, -0.2) is 4.79 Å². The molecule has 8 heteroatoms. The van der Waals surface area contributed by atoms with E-state index in [0.29, 0.717) is 30.0 Å². The van der Waals surface area contributed by atoms with Crippen LogP contribution in [0.2, 0.25) is 0 Å². The number of aromatic nitrogens is 1. The molecule has 8 nitrogen and oxygen atoms in total. The highest BCUT2D eigenvalue weighted by Gasteiger charge is 2.22. The Bertz CT molecular complexity index is 1190. The van der Waals surface area contributed by atoms with Gasteiger partial charge in [-0.05, 0) is 42.2 Å². The number of pyridine rings is 1. The molecule has 0 unspecified atom stereocenters. The molecule has 1 heterocycles. The maximum absolute atomic E-state index is 12.8. The van der Waals surface area contributed by atoms with Crippen molar-refractivity contribution in [2.45, 2.75) is 44.6 Å². The molecule has 0 aliphatic heterocycles. The minimum absolute atomic E-state index is 0.142. The fourth-order valence-corrected chi connectivity index (χ4v) is 4.39. The van der Waals surface area contributed by atoms with E-state index in [0.717, 1.165) is 42.2 Å². The summed E-state index contributed by atoms with van der Waals surface area (Å²) in [4.78, 5) is 29.6. The zero-order valence-electron chi connectivity index (χ0n) is 19.2. The molecule has 2 amide bonds. The number of fused-ring (bicyclic) bond motifs is 1. The quantitative estimate of drug-likeness (QED) is 0.604. The zero-order chi connectivity index (χ0) is 23.9. The smallest absolute Gasteiger partial charge is 0.319 e. The Balaban J connectivity index is 1.55. The molecule has 2 aromatic rings. The molecule has 34 heavy (non-hydrogen) atoms. The number of nitrogens with one attached hydrogen (secondary N) is 2. The maximum Gasteiger partial charge on any atom is 0.319 e. The first-order valence-electron chi connectivity index (χ1n) is 11.6. The monoisotopic (exact) mass is 460 g/mol. The number of benzene rings is 1. The molecule has 0 spiro atoms. The third-order valence-corrected chi connectivity index (χ3v) is 6.15. The number of hydrogen-bond acceptors (Lipinski definition) is 6. The third-order valence-electron chi connectivity index (χ3n) is 6.15. The Hall–Kier alpha value is -3.70. The van der Waals surface area contributed by atoms with Crippen LogP contribution in [0.5, 0.6) is 5.75 Å². The van der Waals surface area contributed by atoms with Crippen molar-refractivity contribution in [3.05, 3.63) is 53.4 Å². The number of ketones is 1. The van der Waals surface area contributed by atoms with Gasteiger partial charge in [0, 0.05) is 37.2 Å². The highest BCUT2D eigenvalue weighted by Crippen LogP contribution is 2.33. The number of nitriles is 1. The van der Waals surface area contributed by atoms with Crippen molar-refractivity contribution in [2.75, 3.05) is 20.3 Å². The van der Waals surface area contributed by atoms with Gasteiger partial charge in [-0.15, -0.1) is 0 Å². The summed E-state index contributed by atoms with van der Waals surface area (Å²) in [7, 11) is 1.58. The van der Waals surface area contributed by atoms with E-state index in [1.807, 2.05) is 12.1 Å². The van der Waals surface area contributed by atoms with E-state index in [9.17, 15) is 14.9 Å². The summed E-state index contributed by atoms with van der Waals surface area (Å²) in [6, 6.07) is 7.30. The summed E-state index contributed by atoms with van der Waals surface area (Å²) in [5.74, 6) is 0.280. The Morgan fingerprint density at radius 3 is 2.76 bits per heavy atom. The highest BCUT2D eigenvalue weighted by atomic mass is 16.5. The molecule has 0 atom stereocenters. The predicted molar refractivity (Wildman–Crippen MR) is 128 cm³/mol. The lowest BCUT2D eigenvalue weighted by molar-refractivity contribution is -0.115. The Kier molecular flexibility index (Phi) is 7.55. The van der Waals surface area contributed by atoms with E-state index in [2.05, 4.69) is 21.7 Å². The van der Waals surface area contributed by atoms with Gasteiger partial charge in [-0.1, -0.05) is 25.3 Å². The average Bonchev–Trinajstić information content (AvgIpc) is 2.85. The molecule has 4 rings (SSSR count). The molecule has 1 fully saturated rings. The molecular formula is C26H28N4O4. The van der Waals surface area contributed by atoms with E-state index in [4.69, 9.17) is 9.47 Å². The second-order valence-electron chi connectivity index (χ2n) is 8.48. The van der Waals surface area contributed by atoms with Gasteiger partial charge >= 0.3 is 6.03 Å². The van der Waals surface area contributed by atoms with Crippen molar-refractivity contribution in [3.8, 4) is 11.8 Å². The van der Waals surface area contributed by atoms with Crippen LogP contribution in [-0.2, 0) is 9.53 Å². The second-order valence-corrected chi connectivity index (χ2v) is 8.48. The molecule has 1 saturated carbocycles. The average molecular weight is 461 g/mol. The number of amides is 2. The fourth-order valence-electron chi connectivity index (χ4n) is 4.39. The highest BCUT2D eigenvalue weighted by molar-refractivity contribution is 6.08. The van der Waals surface area contributed by atoms with Crippen LogP contribution in [0.25, 0.3) is 16.5 Å². The second kappa shape index (κ2) is 10.9. The number of nitrogens with zero attached hydrogens (tertiary/aromatic N) is 2. The van der Waals surface area contributed by atoms with Gasteiger partial charge in [-0.3, -0.25) is 9.78 Å². The lowest BCUT2D eigenvalue weighted by Crippen LogP contribution is -2.43. The first kappa shape index (κ1) is 23.5. The summed E-state index contributed by atoms with van der Waals surface area (Å²) in [6.45, 7) is 0.734. The normalized spacial score (nSPS) is 16.4. The van der Waals surface area contributed by atoms with Gasteiger partial charge in [0.05, 0.1) is 23.4 Å². The molecule has 0 bridgehead atoms. The van der Waals surface area contributed by atoms with Crippen molar-refractivity contribution in [3.63, 3.8) is 0 Å². The van der Waals surface area contributed by atoms with Gasteiger partial charge in [-0.2, -0.15) is 5.26 Å². The van der Waals surface area contributed by atoms with Crippen molar-refractivity contribution in [2.24, 2.45) is 0 Å². The number of carbonyl (C=O) groups excluding carboxylic acids is 2. The third kappa shape index (κ3) is 5.43. The molecular weight excluding hydrogens is 432 g/mol. The van der Waals surface area contributed by atoms with Crippen LogP contribution < -0.4 is 15.4 Å². The molecule has 2 N–H and O–H groups in total. The van der Waals surface area contributed by atoms with E-state index in [-0.39, 0.29) is 30.0 Å². The summed E-state index contributed by atoms with van der Waals surface area (Å²) in [5.41, 5.74) is 2.95. The number of hydrogen-bond donors (Lipinski definition) is 2. The van der Waals surface area contributed by atoms with Gasteiger partial charge in [0.2, 0.25) is 0 Å². The predicted octanol–water partition coefficient (Wildman–Crippen LogP) is 4.00. The van der Waals surface area contributed by atoms with Gasteiger partial charge in [0.25, 0.3) is 0 Å². The summed E-state index contributed by atoms with van der Waals surface area (Å²) in [5, 5.41) is 16.0. The topological polar surface area (TPSA) is 113 Å². The van der Waals surface area contributed by atoms with Gasteiger partial charge in [0.1, 0.15) is 18.4 Å². The van der Waals surface area contributed by atoms with Crippen LogP contribution in [0.1, 0.15) is 49.7 Å². The van der Waals surface area contributed by atoms with Gasteiger partial charge in [0.15, 0.2) is 5.78 Å². The number of methoxy groups -OCH3 is 1. The minimum atomic E-state index is -0.336. The first-order valence-corrected chi connectivity index (χ1v) is 11.6. The van der Waals surface area contributed by atoms with Crippen LogP contribution in [0.4, 0.5) is 4.79 Å². The van der Waals surface area contributed by atoms with E-state index in [1.54, 1.807) is 31.5 Å². The lowest BCUT2D eigenvalue weighted by atomic mass is 9.92. The standard InChI is InChI=1S/C26H28N4O4/c1-33-11-12-34-25-15-23-21(13-18(25)16-27)20(9-10-28-23)17-7-8-22(24(31)14-17)30-26(32)29-19-5-3-2-4-6-19/h7-10,13,15,19H,2-6,11-12,14H2,1H3,(H2,29,30,32). The first-order chi connectivity index (χ1) is 16.6. The summed E-state index contributed by atoms with van der Waals surface area (Å²) in [6.07, 6.45) is 10.7. The fraction of sp³-hybridized carbons (Fsp3) is 0.385. The number of Topliss-reactive ketones (excluding diaryl/α,β-unsaturated/α-hetero) is 1. The van der Waals surface area contributed by atoms with Crippen molar-refractivity contribution >= 4 is 28.3 Å². The molecule has 2 aliphatic carbocycles. The van der Waals surface area contributed by atoms with Crippen LogP contribution in [0.3, 0.4) is 0 Å². The van der Waals surface area contributed by atoms with Crippen molar-refractivity contribution in [1.82, 2.24) is 15.6 Å². The molecule has 0 radical (unpaired) electrons. The SMILES string of the molecule is COCCOc1cc2nccc(C3=CC=C(NC(=O)NC4CCCCC4)C(=O)C3)c2cc1C#N. The van der Waals surface area contributed by atoms with Gasteiger partial charge < -0.3 is 20.1 Å². The number of carbonyl (C=O) groups is 2. The number of ether oxygens (including phenoxy) is 2. The van der Waals surface area contributed by atoms with Crippen molar-refractivity contribution < 1.29 is 19.1 Å². The van der Waals surface area contributed by atoms with Crippen LogP contribution >= 0.6 is 0 Å². The number of urea groups is 1.